The zero-order valence-electron chi connectivity index (χ0n) is 23.3. The van der Waals surface area contributed by atoms with Gasteiger partial charge in [-0.3, -0.25) is 10.3 Å². The molecule has 0 bridgehead atoms. The molecule has 0 aromatic carbocycles. The number of aliphatic imine (C=N–C) groups is 1. The zero-order chi connectivity index (χ0) is 26.8. The molecule has 9 heteroatoms. The zero-order valence-corrected chi connectivity index (χ0v) is 23.3. The van der Waals surface area contributed by atoms with Gasteiger partial charge in [0, 0.05) is 50.2 Å². The molecular formula is C29H40N8O. The predicted molar refractivity (Wildman–Crippen MR) is 155 cm³/mol. The van der Waals surface area contributed by atoms with Crippen LogP contribution in [0.1, 0.15) is 41.8 Å². The van der Waals surface area contributed by atoms with Crippen molar-refractivity contribution >= 4 is 34.2 Å². The first kappa shape index (κ1) is 26.2. The topological polar surface area (TPSA) is 86.2 Å². The van der Waals surface area contributed by atoms with E-state index in [9.17, 15) is 5.41 Å². The first-order valence-corrected chi connectivity index (χ1v) is 13.6. The van der Waals surface area contributed by atoms with Gasteiger partial charge in [0.1, 0.15) is 18.1 Å². The lowest BCUT2D eigenvalue weighted by molar-refractivity contribution is 0.169. The van der Waals surface area contributed by atoms with Crippen LogP contribution < -0.4 is 5.32 Å². The lowest BCUT2D eigenvalue weighted by atomic mass is 9.95. The Morgan fingerprint density at radius 1 is 1.16 bits per heavy atom. The van der Waals surface area contributed by atoms with Crippen LogP contribution in [0, 0.1) is 19.3 Å². The molecule has 1 saturated heterocycles. The smallest absolute Gasteiger partial charge is 0.175 e. The molecule has 2 N–H and O–H groups in total. The van der Waals surface area contributed by atoms with Crippen molar-refractivity contribution in [1.29, 1.82) is 5.41 Å². The summed E-state index contributed by atoms with van der Waals surface area (Å²) in [4.78, 5) is 9.68. The highest BCUT2D eigenvalue weighted by Crippen LogP contribution is 2.35. The normalized spacial score (nSPS) is 17.4. The monoisotopic (exact) mass is 516 g/mol. The van der Waals surface area contributed by atoms with E-state index in [1.54, 1.807) is 0 Å². The average Bonchev–Trinajstić information content (AvgIpc) is 3.37. The van der Waals surface area contributed by atoms with Crippen molar-refractivity contribution in [3.63, 3.8) is 0 Å². The number of anilines is 1. The summed E-state index contributed by atoms with van der Waals surface area (Å²) in [7, 11) is 6.15. The van der Waals surface area contributed by atoms with Crippen LogP contribution in [-0.4, -0.2) is 88.8 Å². The van der Waals surface area contributed by atoms with Gasteiger partial charge >= 0.3 is 0 Å². The Morgan fingerprint density at radius 3 is 2.71 bits per heavy atom. The van der Waals surface area contributed by atoms with Gasteiger partial charge in [0.25, 0.3) is 0 Å². The lowest BCUT2D eigenvalue weighted by Crippen LogP contribution is -2.32. The van der Waals surface area contributed by atoms with Gasteiger partial charge in [-0.05, 0) is 71.6 Å². The number of ether oxygens (including phenoxy) is 1. The largest absolute Gasteiger partial charge is 0.490 e. The summed E-state index contributed by atoms with van der Waals surface area (Å²) in [6.07, 6.45) is 7.72. The Morgan fingerprint density at radius 2 is 1.95 bits per heavy atom. The second-order valence-corrected chi connectivity index (χ2v) is 10.6. The third-order valence-corrected chi connectivity index (χ3v) is 7.71. The molecule has 202 valence electrons. The number of hydrogen-bond donors (Lipinski definition) is 2. The molecule has 4 heterocycles. The number of rotatable bonds is 9. The van der Waals surface area contributed by atoms with E-state index < -0.39 is 0 Å². The van der Waals surface area contributed by atoms with E-state index in [0.717, 1.165) is 72.2 Å². The Hall–Kier alpha value is -3.43. The van der Waals surface area contributed by atoms with Gasteiger partial charge in [0.15, 0.2) is 5.82 Å². The van der Waals surface area contributed by atoms with Crippen molar-refractivity contribution in [2.75, 3.05) is 58.7 Å². The van der Waals surface area contributed by atoms with E-state index in [-0.39, 0.29) is 0 Å². The van der Waals surface area contributed by atoms with E-state index >= 15 is 0 Å². The number of fused-ring (bicyclic) bond motifs is 2. The molecule has 5 rings (SSSR count). The number of allylic oxidation sites excluding steroid dienone is 1. The van der Waals surface area contributed by atoms with E-state index in [1.807, 2.05) is 35.0 Å². The van der Waals surface area contributed by atoms with E-state index in [1.165, 1.54) is 19.3 Å². The van der Waals surface area contributed by atoms with Crippen molar-refractivity contribution in [2.45, 2.75) is 33.1 Å². The highest BCUT2D eigenvalue weighted by atomic mass is 16.5. The van der Waals surface area contributed by atoms with Gasteiger partial charge in [0.05, 0.1) is 22.6 Å². The van der Waals surface area contributed by atoms with E-state index in [2.05, 4.69) is 54.7 Å². The summed E-state index contributed by atoms with van der Waals surface area (Å²) in [6, 6.07) is 5.96. The molecule has 2 aliphatic rings. The summed E-state index contributed by atoms with van der Waals surface area (Å²) >= 11 is 0. The number of likely N-dealkylation sites (N-methyl/N-ethyl adjacent to an activating group) is 1. The molecule has 3 aromatic rings. The third kappa shape index (κ3) is 5.13. The number of nitrogens with one attached hydrogen (secondary N) is 2. The van der Waals surface area contributed by atoms with Crippen LogP contribution in [0.15, 0.2) is 35.5 Å². The Bertz CT molecular complexity index is 1390. The molecule has 3 aromatic heterocycles. The maximum Gasteiger partial charge on any atom is 0.175 e. The van der Waals surface area contributed by atoms with Crippen LogP contribution in [0.5, 0.6) is 0 Å². The average molecular weight is 517 g/mol. The molecule has 1 fully saturated rings. The number of pyridine rings is 1. The Labute approximate surface area is 225 Å². The quantitative estimate of drug-likeness (QED) is 0.444. The minimum atomic E-state index is 0.416. The fourth-order valence-electron chi connectivity index (χ4n) is 5.33. The van der Waals surface area contributed by atoms with Crippen molar-refractivity contribution in [3.05, 3.63) is 53.0 Å². The summed E-state index contributed by atoms with van der Waals surface area (Å²) in [6.45, 7) is 9.61. The summed E-state index contributed by atoms with van der Waals surface area (Å²) < 4.78 is 10.4. The maximum atomic E-state index is 9.17. The molecule has 1 aliphatic heterocycles. The van der Waals surface area contributed by atoms with Gasteiger partial charge in [-0.2, -0.15) is 0 Å². The fourth-order valence-corrected chi connectivity index (χ4v) is 5.33. The molecule has 38 heavy (non-hydrogen) atoms. The number of piperidine rings is 1. The van der Waals surface area contributed by atoms with Crippen LogP contribution in [0.4, 0.5) is 11.5 Å². The minimum absolute atomic E-state index is 0.416. The van der Waals surface area contributed by atoms with Gasteiger partial charge in [-0.25, -0.2) is 9.51 Å². The minimum Gasteiger partial charge on any atom is -0.490 e. The number of hydrogen-bond acceptors (Lipinski definition) is 7. The van der Waals surface area contributed by atoms with Crippen molar-refractivity contribution in [1.82, 2.24) is 24.0 Å². The van der Waals surface area contributed by atoms with Crippen LogP contribution in [0.3, 0.4) is 0 Å². The van der Waals surface area contributed by atoms with Crippen LogP contribution in [0.25, 0.3) is 11.3 Å². The predicted octanol–water partition coefficient (Wildman–Crippen LogP) is 4.26. The van der Waals surface area contributed by atoms with Gasteiger partial charge in [-0.15, -0.1) is 5.10 Å². The first-order chi connectivity index (χ1) is 18.3. The van der Waals surface area contributed by atoms with E-state index in [4.69, 9.17) is 14.8 Å². The van der Waals surface area contributed by atoms with Crippen molar-refractivity contribution in [3.8, 4) is 0 Å². The fraction of sp³-hybridized carbons (Fsp3) is 0.483. The highest BCUT2D eigenvalue weighted by molar-refractivity contribution is 6.54. The first-order valence-electron chi connectivity index (χ1n) is 13.6. The molecule has 0 atom stereocenters. The molecular weight excluding hydrogens is 476 g/mol. The number of aromatic nitrogens is 3. The van der Waals surface area contributed by atoms with Gasteiger partial charge in [-0.1, -0.05) is 12.5 Å². The third-order valence-electron chi connectivity index (χ3n) is 7.71. The molecule has 0 spiro atoms. The summed E-state index contributed by atoms with van der Waals surface area (Å²) in [5.41, 5.74) is 6.73. The molecule has 1 aliphatic carbocycles. The summed E-state index contributed by atoms with van der Waals surface area (Å²) in [5, 5.41) is 17.4. The van der Waals surface area contributed by atoms with Crippen LogP contribution in [0.2, 0.25) is 0 Å². The number of likely N-dealkylation sites (tertiary alicyclic amines) is 1. The number of nitrogens with zero attached hydrogens (tertiary/aromatic N) is 6. The van der Waals surface area contributed by atoms with Crippen LogP contribution >= 0.6 is 0 Å². The SMILES string of the molecule is Cc1c2c(n(C)c1C)C(OCCN1CCCCC1)=CC(=Nc1c(NCCN(C)C)nn3ccccc13)C2=N. The second kappa shape index (κ2) is 11.1. The van der Waals surface area contributed by atoms with Crippen molar-refractivity contribution in [2.24, 2.45) is 12.0 Å². The molecule has 0 radical (unpaired) electrons. The lowest BCUT2D eigenvalue weighted by Gasteiger charge is -2.27. The highest BCUT2D eigenvalue weighted by Gasteiger charge is 2.30. The molecule has 9 nitrogen and oxygen atoms in total. The van der Waals surface area contributed by atoms with Gasteiger partial charge < -0.3 is 19.5 Å². The second-order valence-electron chi connectivity index (χ2n) is 10.6. The Balaban J connectivity index is 1.52. The molecule has 0 unspecified atom stereocenters. The maximum absolute atomic E-state index is 9.17. The van der Waals surface area contributed by atoms with Crippen molar-refractivity contribution < 1.29 is 4.74 Å². The molecule has 0 saturated carbocycles. The van der Waals surface area contributed by atoms with Gasteiger partial charge in [0.2, 0.25) is 0 Å². The molecule has 0 amide bonds. The van der Waals surface area contributed by atoms with Crippen LogP contribution in [-0.2, 0) is 11.8 Å². The summed E-state index contributed by atoms with van der Waals surface area (Å²) in [5.74, 6) is 1.50. The standard InChI is InChI=1S/C29H40N8O/c1-20-21(2)35(5)28-24(38-18-17-36-13-8-6-9-14-36)19-22(26(30)25(20)28)32-27-23-11-7-10-15-37(23)33-29(27)31-12-16-34(3)4/h7,10-11,15,19,30H,6,8-9,12-14,16-18H2,1-5H3,(H,31,33). The Kier molecular flexibility index (Phi) is 7.67. The van der Waals surface area contributed by atoms with E-state index in [0.29, 0.717) is 23.8 Å².